The van der Waals surface area contributed by atoms with Crippen LogP contribution in [0.15, 0.2) is 19.0 Å². The third-order valence-electron chi connectivity index (χ3n) is 1.68. The van der Waals surface area contributed by atoms with Crippen LogP contribution in [0.2, 0.25) is 0 Å². The monoisotopic (exact) mass is 150 g/mol. The molecule has 2 nitrogen and oxygen atoms in total. The molecule has 0 saturated carbocycles. The Bertz CT molecular complexity index is 225. The molecule has 0 radical (unpaired) electrons. The molecule has 0 amide bonds. The van der Waals surface area contributed by atoms with Crippen LogP contribution >= 0.6 is 0 Å². The van der Waals surface area contributed by atoms with Crippen molar-refractivity contribution in [1.82, 2.24) is 9.55 Å². The van der Waals surface area contributed by atoms with Crippen LogP contribution in [0.1, 0.15) is 25.6 Å². The van der Waals surface area contributed by atoms with E-state index in [1.165, 1.54) is 12.8 Å². The Balaban J connectivity index is 2.61. The van der Waals surface area contributed by atoms with Gasteiger partial charge in [-0.2, -0.15) is 0 Å². The molecule has 0 spiro atoms. The molecule has 0 aliphatic carbocycles. The minimum absolute atomic E-state index is 0.971. The Morgan fingerprint density at radius 3 is 3.18 bits per heavy atom. The zero-order chi connectivity index (χ0) is 8.10. The Hall–Kier alpha value is -1.05. The van der Waals surface area contributed by atoms with E-state index in [4.69, 9.17) is 0 Å². The van der Waals surface area contributed by atoms with E-state index in [9.17, 15) is 0 Å². The van der Waals surface area contributed by atoms with Gasteiger partial charge in [-0.3, -0.25) is 0 Å². The van der Waals surface area contributed by atoms with Crippen molar-refractivity contribution >= 4 is 6.08 Å². The van der Waals surface area contributed by atoms with Crippen LogP contribution in [0.25, 0.3) is 6.08 Å². The second-order valence-corrected chi connectivity index (χ2v) is 2.54. The van der Waals surface area contributed by atoms with Crippen molar-refractivity contribution in [3.05, 3.63) is 24.8 Å². The first-order valence-corrected chi connectivity index (χ1v) is 4.02. The predicted octanol–water partition coefficient (Wildman–Crippen LogP) is 2.33. The Labute approximate surface area is 67.6 Å². The van der Waals surface area contributed by atoms with Crippen LogP contribution in [-0.2, 0) is 6.54 Å². The lowest BCUT2D eigenvalue weighted by molar-refractivity contribution is 0.627. The average Bonchev–Trinajstić information content (AvgIpc) is 2.47. The average molecular weight is 150 g/mol. The van der Waals surface area contributed by atoms with E-state index >= 15 is 0 Å². The van der Waals surface area contributed by atoms with E-state index in [-0.39, 0.29) is 0 Å². The number of hydrogen-bond acceptors (Lipinski definition) is 1. The molecular formula is C9H14N2. The summed E-state index contributed by atoms with van der Waals surface area (Å²) in [7, 11) is 0. The van der Waals surface area contributed by atoms with Crippen LogP contribution in [-0.4, -0.2) is 9.55 Å². The van der Waals surface area contributed by atoms with E-state index in [2.05, 4.69) is 23.1 Å². The molecular weight excluding hydrogens is 136 g/mol. The highest BCUT2D eigenvalue weighted by molar-refractivity contribution is 5.36. The normalized spacial score (nSPS) is 9.91. The summed E-state index contributed by atoms with van der Waals surface area (Å²) in [6.07, 6.45) is 8.01. The first kappa shape index (κ1) is 8.05. The topological polar surface area (TPSA) is 17.8 Å². The zero-order valence-corrected chi connectivity index (χ0v) is 6.95. The van der Waals surface area contributed by atoms with Crippen molar-refractivity contribution in [1.29, 1.82) is 0 Å². The van der Waals surface area contributed by atoms with Gasteiger partial charge in [-0.15, -0.1) is 0 Å². The molecule has 0 fully saturated rings. The third kappa shape index (κ3) is 1.93. The molecule has 60 valence electrons. The van der Waals surface area contributed by atoms with E-state index in [1.807, 2.05) is 12.4 Å². The first-order valence-electron chi connectivity index (χ1n) is 4.02. The van der Waals surface area contributed by atoms with Crippen molar-refractivity contribution in [3.8, 4) is 0 Å². The fraction of sp³-hybridized carbons (Fsp3) is 0.444. The summed E-state index contributed by atoms with van der Waals surface area (Å²) in [6.45, 7) is 6.93. The molecule has 0 unspecified atom stereocenters. The molecule has 0 N–H and O–H groups in total. The molecule has 11 heavy (non-hydrogen) atoms. The minimum Gasteiger partial charge on any atom is -0.332 e. The quantitative estimate of drug-likeness (QED) is 0.644. The highest BCUT2D eigenvalue weighted by atomic mass is 15.0. The molecule has 1 heterocycles. The molecule has 2 heteroatoms. The molecule has 0 atom stereocenters. The molecule has 1 aromatic rings. The molecule has 0 aromatic carbocycles. The lowest BCUT2D eigenvalue weighted by Gasteiger charge is -2.01. The lowest BCUT2D eigenvalue weighted by atomic mass is 10.3. The minimum atomic E-state index is 0.971. The van der Waals surface area contributed by atoms with E-state index in [0.717, 1.165) is 12.4 Å². The van der Waals surface area contributed by atoms with E-state index in [0.29, 0.717) is 0 Å². The summed E-state index contributed by atoms with van der Waals surface area (Å²) in [4.78, 5) is 4.13. The maximum atomic E-state index is 4.13. The Morgan fingerprint density at radius 1 is 1.73 bits per heavy atom. The number of aryl methyl sites for hydroxylation is 1. The highest BCUT2D eigenvalue weighted by Crippen LogP contribution is 2.01. The summed E-state index contributed by atoms with van der Waals surface area (Å²) in [6, 6.07) is 0. The van der Waals surface area contributed by atoms with Crippen LogP contribution in [0.5, 0.6) is 0 Å². The van der Waals surface area contributed by atoms with Crippen LogP contribution in [0.3, 0.4) is 0 Å². The summed E-state index contributed by atoms with van der Waals surface area (Å²) >= 11 is 0. The van der Waals surface area contributed by atoms with Crippen molar-refractivity contribution < 1.29 is 0 Å². The Morgan fingerprint density at radius 2 is 2.55 bits per heavy atom. The van der Waals surface area contributed by atoms with Crippen LogP contribution in [0, 0.1) is 0 Å². The van der Waals surface area contributed by atoms with Gasteiger partial charge in [-0.05, 0) is 12.5 Å². The molecule has 0 aliphatic rings. The number of rotatable bonds is 4. The van der Waals surface area contributed by atoms with E-state index < -0.39 is 0 Å². The van der Waals surface area contributed by atoms with Crippen molar-refractivity contribution in [2.75, 3.05) is 0 Å². The van der Waals surface area contributed by atoms with Gasteiger partial charge in [0.1, 0.15) is 5.82 Å². The van der Waals surface area contributed by atoms with Gasteiger partial charge >= 0.3 is 0 Å². The van der Waals surface area contributed by atoms with Crippen LogP contribution < -0.4 is 0 Å². The van der Waals surface area contributed by atoms with Gasteiger partial charge in [-0.1, -0.05) is 19.9 Å². The van der Waals surface area contributed by atoms with Gasteiger partial charge in [0.2, 0.25) is 0 Å². The lowest BCUT2D eigenvalue weighted by Crippen LogP contribution is -1.98. The van der Waals surface area contributed by atoms with Gasteiger partial charge in [0.15, 0.2) is 0 Å². The Kier molecular flexibility index (Phi) is 2.90. The fourth-order valence-corrected chi connectivity index (χ4v) is 1.03. The summed E-state index contributed by atoms with van der Waals surface area (Å²) in [5, 5.41) is 0. The third-order valence-corrected chi connectivity index (χ3v) is 1.68. The second kappa shape index (κ2) is 3.96. The van der Waals surface area contributed by atoms with Crippen molar-refractivity contribution in [2.45, 2.75) is 26.3 Å². The molecule has 0 aliphatic heterocycles. The zero-order valence-electron chi connectivity index (χ0n) is 6.95. The molecule has 1 rings (SSSR count). The first-order chi connectivity index (χ1) is 5.38. The standard InChI is InChI=1S/C9H14N2/c1-3-5-7-11-8-6-10-9(11)4-2/h4,6,8H,2-3,5,7H2,1H3. The second-order valence-electron chi connectivity index (χ2n) is 2.54. The highest BCUT2D eigenvalue weighted by Gasteiger charge is 1.95. The molecule has 1 aromatic heterocycles. The summed E-state index contributed by atoms with van der Waals surface area (Å²) in [5.41, 5.74) is 0. The number of unbranched alkanes of at least 4 members (excludes halogenated alkanes) is 1. The van der Waals surface area contributed by atoms with Gasteiger partial charge in [-0.25, -0.2) is 4.98 Å². The number of hydrogen-bond donors (Lipinski definition) is 0. The van der Waals surface area contributed by atoms with Crippen LogP contribution in [0.4, 0.5) is 0 Å². The maximum absolute atomic E-state index is 4.13. The largest absolute Gasteiger partial charge is 0.332 e. The SMILES string of the molecule is C=Cc1nccn1CCCC. The van der Waals surface area contributed by atoms with Gasteiger partial charge in [0.05, 0.1) is 0 Å². The number of aromatic nitrogens is 2. The number of nitrogens with zero attached hydrogens (tertiary/aromatic N) is 2. The predicted molar refractivity (Wildman–Crippen MR) is 47.2 cm³/mol. The summed E-state index contributed by atoms with van der Waals surface area (Å²) < 4.78 is 2.12. The van der Waals surface area contributed by atoms with Crippen molar-refractivity contribution in [2.24, 2.45) is 0 Å². The smallest absolute Gasteiger partial charge is 0.131 e. The molecule has 0 bridgehead atoms. The van der Waals surface area contributed by atoms with Gasteiger partial charge < -0.3 is 4.57 Å². The van der Waals surface area contributed by atoms with Crippen molar-refractivity contribution in [3.63, 3.8) is 0 Å². The maximum Gasteiger partial charge on any atom is 0.131 e. The van der Waals surface area contributed by atoms with Gasteiger partial charge in [0, 0.05) is 18.9 Å². The molecule has 0 saturated heterocycles. The fourth-order valence-electron chi connectivity index (χ4n) is 1.03. The number of imidazole rings is 1. The summed E-state index contributed by atoms with van der Waals surface area (Å²) in [5.74, 6) is 0.971. The van der Waals surface area contributed by atoms with Gasteiger partial charge in [0.25, 0.3) is 0 Å². The van der Waals surface area contributed by atoms with E-state index in [1.54, 1.807) is 6.08 Å².